The minimum atomic E-state index is -3.43. The quantitative estimate of drug-likeness (QED) is 0.816. The number of ether oxygens (including phenoxy) is 1. The Labute approximate surface area is 108 Å². The Kier molecular flexibility index (Phi) is 4.34. The minimum Gasteiger partial charge on any atom is -0.380 e. The van der Waals surface area contributed by atoms with E-state index in [2.05, 4.69) is 10.0 Å². The molecule has 1 heterocycles. The van der Waals surface area contributed by atoms with Gasteiger partial charge in [0.15, 0.2) is 0 Å². The van der Waals surface area contributed by atoms with Crippen LogP contribution >= 0.6 is 0 Å². The van der Waals surface area contributed by atoms with Gasteiger partial charge in [0.25, 0.3) is 0 Å². The van der Waals surface area contributed by atoms with Crippen LogP contribution in [0, 0.1) is 0 Å². The van der Waals surface area contributed by atoms with E-state index in [9.17, 15) is 8.42 Å². The highest BCUT2D eigenvalue weighted by atomic mass is 32.2. The predicted molar refractivity (Wildman–Crippen MR) is 68.8 cm³/mol. The fourth-order valence-electron chi connectivity index (χ4n) is 2.01. The van der Waals surface area contributed by atoms with Gasteiger partial charge in [0, 0.05) is 19.7 Å². The van der Waals surface area contributed by atoms with Crippen LogP contribution in [-0.2, 0) is 21.4 Å². The summed E-state index contributed by atoms with van der Waals surface area (Å²) in [6, 6.07) is 6.81. The molecule has 0 amide bonds. The van der Waals surface area contributed by atoms with Crippen LogP contribution in [-0.4, -0.2) is 34.7 Å². The van der Waals surface area contributed by atoms with Crippen LogP contribution in [0.5, 0.6) is 0 Å². The highest BCUT2D eigenvalue weighted by molar-refractivity contribution is 7.89. The second kappa shape index (κ2) is 5.79. The van der Waals surface area contributed by atoms with Crippen LogP contribution in [0.25, 0.3) is 0 Å². The van der Waals surface area contributed by atoms with Gasteiger partial charge in [-0.3, -0.25) is 0 Å². The fourth-order valence-corrected chi connectivity index (χ4v) is 3.35. The predicted octanol–water partition coefficient (Wildman–Crippen LogP) is 0.473. The van der Waals surface area contributed by atoms with Crippen LogP contribution in [0.15, 0.2) is 29.2 Å². The Morgan fingerprint density at radius 3 is 3.00 bits per heavy atom. The van der Waals surface area contributed by atoms with Crippen molar-refractivity contribution in [2.75, 3.05) is 20.2 Å². The van der Waals surface area contributed by atoms with Crippen LogP contribution in [0.2, 0.25) is 0 Å². The molecular formula is C12H18N2O3S. The first-order chi connectivity index (χ1) is 8.62. The topological polar surface area (TPSA) is 67.4 Å². The van der Waals surface area contributed by atoms with Crippen molar-refractivity contribution in [2.45, 2.75) is 24.0 Å². The molecule has 5 nitrogen and oxygen atoms in total. The largest absolute Gasteiger partial charge is 0.380 e. The van der Waals surface area contributed by atoms with Crippen molar-refractivity contribution < 1.29 is 13.2 Å². The van der Waals surface area contributed by atoms with Gasteiger partial charge in [-0.15, -0.1) is 0 Å². The molecule has 0 aliphatic carbocycles. The van der Waals surface area contributed by atoms with Crippen molar-refractivity contribution >= 4 is 10.0 Å². The number of hydrogen-bond acceptors (Lipinski definition) is 4. The Morgan fingerprint density at radius 2 is 2.33 bits per heavy atom. The average molecular weight is 270 g/mol. The normalized spacial score (nSPS) is 20.2. The number of rotatable bonds is 5. The second-order valence-electron chi connectivity index (χ2n) is 4.39. The SMILES string of the molecule is COCc1cccc(S(=O)(=O)NC2CCNC2)c1. The van der Waals surface area contributed by atoms with E-state index in [1.807, 2.05) is 6.07 Å². The monoisotopic (exact) mass is 270 g/mol. The maximum atomic E-state index is 12.2. The summed E-state index contributed by atoms with van der Waals surface area (Å²) in [6.07, 6.45) is 0.830. The van der Waals surface area contributed by atoms with Crippen LogP contribution in [0.3, 0.4) is 0 Å². The Hall–Kier alpha value is -0.950. The van der Waals surface area contributed by atoms with E-state index in [1.165, 1.54) is 0 Å². The summed E-state index contributed by atoms with van der Waals surface area (Å²) in [5, 5.41) is 3.13. The van der Waals surface area contributed by atoms with E-state index in [0.717, 1.165) is 18.5 Å². The van der Waals surface area contributed by atoms with Crippen molar-refractivity contribution in [1.29, 1.82) is 0 Å². The van der Waals surface area contributed by atoms with E-state index in [4.69, 9.17) is 4.74 Å². The molecule has 0 saturated carbocycles. The summed E-state index contributed by atoms with van der Waals surface area (Å²) >= 11 is 0. The van der Waals surface area contributed by atoms with Gasteiger partial charge in [0.05, 0.1) is 11.5 Å². The summed E-state index contributed by atoms with van der Waals surface area (Å²) in [7, 11) is -1.84. The Bertz CT molecular complexity index is 496. The maximum Gasteiger partial charge on any atom is 0.240 e. The average Bonchev–Trinajstić information content (AvgIpc) is 2.82. The second-order valence-corrected chi connectivity index (χ2v) is 6.11. The molecule has 100 valence electrons. The smallest absolute Gasteiger partial charge is 0.240 e. The molecule has 1 aromatic carbocycles. The fraction of sp³-hybridized carbons (Fsp3) is 0.500. The summed E-state index contributed by atoms with van der Waals surface area (Å²) in [4.78, 5) is 0.295. The van der Waals surface area contributed by atoms with Crippen molar-refractivity contribution in [3.05, 3.63) is 29.8 Å². The van der Waals surface area contributed by atoms with E-state index in [0.29, 0.717) is 18.0 Å². The van der Waals surface area contributed by atoms with Gasteiger partial charge in [0.1, 0.15) is 0 Å². The Morgan fingerprint density at radius 1 is 1.50 bits per heavy atom. The van der Waals surface area contributed by atoms with Crippen molar-refractivity contribution in [3.63, 3.8) is 0 Å². The van der Waals surface area contributed by atoms with Crippen LogP contribution < -0.4 is 10.0 Å². The van der Waals surface area contributed by atoms with Gasteiger partial charge in [0.2, 0.25) is 10.0 Å². The summed E-state index contributed by atoms with van der Waals surface area (Å²) in [6.45, 7) is 1.96. The van der Waals surface area contributed by atoms with Crippen molar-refractivity contribution in [2.24, 2.45) is 0 Å². The highest BCUT2D eigenvalue weighted by Crippen LogP contribution is 2.13. The molecule has 0 spiro atoms. The van der Waals surface area contributed by atoms with E-state index >= 15 is 0 Å². The van der Waals surface area contributed by atoms with Gasteiger partial charge in [-0.2, -0.15) is 0 Å². The molecule has 1 saturated heterocycles. The minimum absolute atomic E-state index is 0.0129. The number of benzene rings is 1. The third-order valence-corrected chi connectivity index (χ3v) is 4.42. The molecule has 1 aromatic rings. The molecule has 1 aliphatic rings. The molecule has 2 N–H and O–H groups in total. The molecule has 1 atom stereocenters. The molecule has 6 heteroatoms. The summed E-state index contributed by atoms with van der Waals surface area (Å²) in [5.74, 6) is 0. The van der Waals surface area contributed by atoms with Gasteiger partial charge in [-0.05, 0) is 30.7 Å². The molecule has 0 bridgehead atoms. The van der Waals surface area contributed by atoms with Gasteiger partial charge < -0.3 is 10.1 Å². The first kappa shape index (κ1) is 13.5. The lowest BCUT2D eigenvalue weighted by Gasteiger charge is -2.12. The van der Waals surface area contributed by atoms with E-state index in [-0.39, 0.29) is 6.04 Å². The molecule has 1 aliphatic heterocycles. The third kappa shape index (κ3) is 3.29. The molecular weight excluding hydrogens is 252 g/mol. The first-order valence-corrected chi connectivity index (χ1v) is 7.41. The van der Waals surface area contributed by atoms with Crippen LogP contribution in [0.1, 0.15) is 12.0 Å². The zero-order valence-corrected chi connectivity index (χ0v) is 11.2. The zero-order valence-electron chi connectivity index (χ0n) is 10.3. The summed E-state index contributed by atoms with van der Waals surface area (Å²) < 4.78 is 32.0. The van der Waals surface area contributed by atoms with Crippen molar-refractivity contribution in [3.8, 4) is 0 Å². The standard InChI is InChI=1S/C12H18N2O3S/c1-17-9-10-3-2-4-12(7-10)18(15,16)14-11-5-6-13-8-11/h2-4,7,11,13-14H,5-6,8-9H2,1H3. The molecule has 2 rings (SSSR count). The number of methoxy groups -OCH3 is 1. The molecule has 18 heavy (non-hydrogen) atoms. The lowest BCUT2D eigenvalue weighted by Crippen LogP contribution is -2.36. The van der Waals surface area contributed by atoms with Crippen LogP contribution in [0.4, 0.5) is 0 Å². The number of nitrogens with one attached hydrogen (secondary N) is 2. The zero-order chi connectivity index (χ0) is 13.0. The first-order valence-electron chi connectivity index (χ1n) is 5.93. The molecule has 1 unspecified atom stereocenters. The van der Waals surface area contributed by atoms with E-state index < -0.39 is 10.0 Å². The number of sulfonamides is 1. The van der Waals surface area contributed by atoms with Gasteiger partial charge in [-0.25, -0.2) is 13.1 Å². The maximum absolute atomic E-state index is 12.2. The molecule has 0 radical (unpaired) electrons. The van der Waals surface area contributed by atoms with Gasteiger partial charge in [-0.1, -0.05) is 12.1 Å². The highest BCUT2D eigenvalue weighted by Gasteiger charge is 2.22. The Balaban J connectivity index is 2.15. The molecule has 0 aromatic heterocycles. The lowest BCUT2D eigenvalue weighted by atomic mass is 10.2. The van der Waals surface area contributed by atoms with Gasteiger partial charge >= 0.3 is 0 Å². The third-order valence-electron chi connectivity index (χ3n) is 2.90. The summed E-state index contributed by atoms with van der Waals surface area (Å²) in [5.41, 5.74) is 0.852. The van der Waals surface area contributed by atoms with E-state index in [1.54, 1.807) is 25.3 Å². The molecule has 1 fully saturated rings. The lowest BCUT2D eigenvalue weighted by molar-refractivity contribution is 0.184. The van der Waals surface area contributed by atoms with Crippen molar-refractivity contribution in [1.82, 2.24) is 10.0 Å². The number of hydrogen-bond donors (Lipinski definition) is 2.